The van der Waals surface area contributed by atoms with Gasteiger partial charge in [-0.1, -0.05) is 0 Å². The van der Waals surface area contributed by atoms with E-state index in [0.717, 1.165) is 0 Å². The summed E-state index contributed by atoms with van der Waals surface area (Å²) in [6.07, 6.45) is 5.74. The first-order valence-electron chi connectivity index (χ1n) is 7.73. The number of imidazole rings is 1. The van der Waals surface area contributed by atoms with Gasteiger partial charge in [0.2, 0.25) is 0 Å². The largest absolute Gasteiger partial charge is 0.511 e. The predicted octanol–water partition coefficient (Wildman–Crippen LogP) is 0.362. The molecule has 1 aliphatic rings. The van der Waals surface area contributed by atoms with Gasteiger partial charge in [0, 0.05) is 51.7 Å². The Morgan fingerprint density at radius 3 is 2.56 bits per heavy atom. The van der Waals surface area contributed by atoms with E-state index < -0.39 is 15.5 Å². The van der Waals surface area contributed by atoms with E-state index in [4.69, 9.17) is 0 Å². The number of guanidine groups is 1. The van der Waals surface area contributed by atoms with Crippen LogP contribution in [0.4, 0.5) is 13.2 Å². The standard InChI is InChI=1S/C13H21F3N6O2S/c1-17-12(19-5-9-21-8-4-18-10-21)20-11-2-6-22(7-3-11)25(23,24)13(14,15)16/h4,8,10-11H,2-3,5-7,9H2,1H3,(H2,17,19,20). The van der Waals surface area contributed by atoms with Crippen LogP contribution < -0.4 is 10.6 Å². The molecule has 1 saturated heterocycles. The zero-order valence-corrected chi connectivity index (χ0v) is 14.5. The molecule has 8 nitrogen and oxygen atoms in total. The van der Waals surface area contributed by atoms with Crippen molar-refractivity contribution in [1.82, 2.24) is 24.5 Å². The molecule has 0 saturated carbocycles. The van der Waals surface area contributed by atoms with Crippen LogP contribution >= 0.6 is 0 Å². The van der Waals surface area contributed by atoms with Crippen LogP contribution in [-0.2, 0) is 16.6 Å². The summed E-state index contributed by atoms with van der Waals surface area (Å²) in [6.45, 7) is 0.928. The third-order valence-corrected chi connectivity index (χ3v) is 5.50. The van der Waals surface area contributed by atoms with Crippen LogP contribution in [0, 0.1) is 0 Å². The number of hydrogen-bond donors (Lipinski definition) is 2. The molecule has 0 aliphatic carbocycles. The normalized spacial score (nSPS) is 18.3. The van der Waals surface area contributed by atoms with Crippen molar-refractivity contribution in [3.63, 3.8) is 0 Å². The fourth-order valence-electron chi connectivity index (χ4n) is 2.50. The average Bonchev–Trinajstić information content (AvgIpc) is 3.06. The van der Waals surface area contributed by atoms with E-state index in [-0.39, 0.29) is 32.0 Å². The lowest BCUT2D eigenvalue weighted by molar-refractivity contribution is -0.0494. The minimum absolute atomic E-state index is 0.140. The maximum Gasteiger partial charge on any atom is 0.511 e. The molecule has 0 unspecified atom stereocenters. The van der Waals surface area contributed by atoms with E-state index in [2.05, 4.69) is 20.6 Å². The highest BCUT2D eigenvalue weighted by Crippen LogP contribution is 2.28. The molecular formula is C13H21F3N6O2S. The van der Waals surface area contributed by atoms with Crippen molar-refractivity contribution >= 4 is 16.0 Å². The van der Waals surface area contributed by atoms with Crippen molar-refractivity contribution in [1.29, 1.82) is 0 Å². The second-order valence-corrected chi connectivity index (χ2v) is 7.50. The Morgan fingerprint density at radius 1 is 1.36 bits per heavy atom. The van der Waals surface area contributed by atoms with Gasteiger partial charge in [-0.05, 0) is 12.8 Å². The molecule has 2 rings (SSSR count). The fourth-order valence-corrected chi connectivity index (χ4v) is 3.48. The summed E-state index contributed by atoms with van der Waals surface area (Å²) in [5.74, 6) is 0.525. The van der Waals surface area contributed by atoms with Gasteiger partial charge in [0.05, 0.1) is 6.33 Å². The summed E-state index contributed by atoms with van der Waals surface area (Å²) >= 11 is 0. The van der Waals surface area contributed by atoms with Crippen molar-refractivity contribution in [2.45, 2.75) is 30.9 Å². The van der Waals surface area contributed by atoms with Crippen LogP contribution in [0.2, 0.25) is 0 Å². The van der Waals surface area contributed by atoms with Crippen LogP contribution in [0.5, 0.6) is 0 Å². The Morgan fingerprint density at radius 2 is 2.04 bits per heavy atom. The minimum Gasteiger partial charge on any atom is -0.355 e. The molecule has 0 radical (unpaired) electrons. The maximum atomic E-state index is 12.6. The van der Waals surface area contributed by atoms with Gasteiger partial charge in [-0.15, -0.1) is 0 Å². The number of hydrogen-bond acceptors (Lipinski definition) is 4. The monoisotopic (exact) mass is 382 g/mol. The van der Waals surface area contributed by atoms with Crippen molar-refractivity contribution in [3.05, 3.63) is 18.7 Å². The van der Waals surface area contributed by atoms with Gasteiger partial charge in [-0.3, -0.25) is 4.99 Å². The number of aliphatic imine (C=N–C) groups is 1. The zero-order chi connectivity index (χ0) is 18.5. The van der Waals surface area contributed by atoms with Crippen LogP contribution in [0.15, 0.2) is 23.7 Å². The lowest BCUT2D eigenvalue weighted by atomic mass is 10.1. The Labute approximate surface area is 144 Å². The van der Waals surface area contributed by atoms with Gasteiger partial charge in [0.15, 0.2) is 5.96 Å². The van der Waals surface area contributed by atoms with E-state index in [9.17, 15) is 21.6 Å². The molecule has 1 aliphatic heterocycles. The number of halogens is 3. The molecule has 142 valence electrons. The van der Waals surface area contributed by atoms with Crippen molar-refractivity contribution in [2.75, 3.05) is 26.7 Å². The van der Waals surface area contributed by atoms with Crippen LogP contribution in [-0.4, -0.2) is 66.5 Å². The Hall–Kier alpha value is -1.82. The topological polar surface area (TPSA) is 91.6 Å². The summed E-state index contributed by atoms with van der Waals surface area (Å²) in [5.41, 5.74) is -5.25. The first-order chi connectivity index (χ1) is 11.7. The molecule has 0 amide bonds. The van der Waals surface area contributed by atoms with E-state index >= 15 is 0 Å². The predicted molar refractivity (Wildman–Crippen MR) is 86.3 cm³/mol. The quantitative estimate of drug-likeness (QED) is 0.567. The second-order valence-electron chi connectivity index (χ2n) is 5.57. The highest BCUT2D eigenvalue weighted by Gasteiger charge is 2.50. The molecule has 2 N–H and O–H groups in total. The lowest BCUT2D eigenvalue weighted by Crippen LogP contribution is -2.51. The van der Waals surface area contributed by atoms with E-state index in [1.165, 1.54) is 0 Å². The third kappa shape index (κ3) is 5.08. The maximum absolute atomic E-state index is 12.6. The summed E-state index contributed by atoms with van der Waals surface area (Å²) in [7, 11) is -3.65. The number of rotatable bonds is 5. The molecule has 1 aromatic rings. The molecule has 0 spiro atoms. The highest BCUT2D eigenvalue weighted by molar-refractivity contribution is 7.90. The SMILES string of the molecule is CN=C(NCCn1ccnc1)NC1CCN(S(=O)(=O)C(F)(F)F)CC1. The van der Waals surface area contributed by atoms with Gasteiger partial charge in [-0.25, -0.2) is 13.4 Å². The number of nitrogens with one attached hydrogen (secondary N) is 2. The number of nitrogens with zero attached hydrogens (tertiary/aromatic N) is 4. The summed E-state index contributed by atoms with van der Waals surface area (Å²) < 4.78 is 62.8. The smallest absolute Gasteiger partial charge is 0.355 e. The van der Waals surface area contributed by atoms with Crippen LogP contribution in [0.1, 0.15) is 12.8 Å². The number of sulfonamides is 1. The first kappa shape index (κ1) is 19.5. The fraction of sp³-hybridized carbons (Fsp3) is 0.692. The third-order valence-electron chi connectivity index (χ3n) is 3.87. The first-order valence-corrected chi connectivity index (χ1v) is 9.17. The zero-order valence-electron chi connectivity index (χ0n) is 13.7. The average molecular weight is 382 g/mol. The summed E-state index contributed by atoms with van der Waals surface area (Å²) in [4.78, 5) is 8.00. The van der Waals surface area contributed by atoms with Gasteiger partial charge in [0.1, 0.15) is 0 Å². The molecule has 12 heteroatoms. The molecule has 0 bridgehead atoms. The molecule has 1 aromatic heterocycles. The highest BCUT2D eigenvalue weighted by atomic mass is 32.2. The van der Waals surface area contributed by atoms with Crippen LogP contribution in [0.3, 0.4) is 0 Å². The molecule has 0 aromatic carbocycles. The van der Waals surface area contributed by atoms with Crippen LogP contribution in [0.25, 0.3) is 0 Å². The van der Waals surface area contributed by atoms with Gasteiger partial charge >= 0.3 is 15.5 Å². The van der Waals surface area contributed by atoms with E-state index in [1.807, 2.05) is 10.8 Å². The number of piperidine rings is 1. The minimum atomic E-state index is -5.25. The van der Waals surface area contributed by atoms with Gasteiger partial charge in [-0.2, -0.15) is 17.5 Å². The van der Waals surface area contributed by atoms with Gasteiger partial charge < -0.3 is 15.2 Å². The summed E-state index contributed by atoms with van der Waals surface area (Å²) in [5, 5.41) is 6.21. The van der Waals surface area contributed by atoms with Crippen molar-refractivity contribution < 1.29 is 21.6 Å². The van der Waals surface area contributed by atoms with E-state index in [1.54, 1.807) is 19.6 Å². The Balaban J connectivity index is 1.78. The number of alkyl halides is 3. The molecule has 25 heavy (non-hydrogen) atoms. The number of aromatic nitrogens is 2. The molecule has 2 heterocycles. The molecule has 1 fully saturated rings. The van der Waals surface area contributed by atoms with Crippen molar-refractivity contribution in [2.24, 2.45) is 4.99 Å². The van der Waals surface area contributed by atoms with Crippen molar-refractivity contribution in [3.8, 4) is 0 Å². The molecule has 0 atom stereocenters. The molecular weight excluding hydrogens is 361 g/mol. The Bertz CT molecular complexity index is 666. The summed E-state index contributed by atoms with van der Waals surface area (Å²) in [6, 6.07) is -0.140. The lowest BCUT2D eigenvalue weighted by Gasteiger charge is -2.32. The second kappa shape index (κ2) is 8.04. The Kier molecular flexibility index (Phi) is 6.27. The van der Waals surface area contributed by atoms with Gasteiger partial charge in [0.25, 0.3) is 0 Å². The van der Waals surface area contributed by atoms with E-state index in [0.29, 0.717) is 23.4 Å².